The maximum Gasteiger partial charge on any atom is 0.199 e. The number of hydrogen-bond acceptors (Lipinski definition) is 4. The van der Waals surface area contributed by atoms with Crippen LogP contribution in [-0.4, -0.2) is 42.5 Å². The van der Waals surface area contributed by atoms with Crippen molar-refractivity contribution in [2.24, 2.45) is 5.92 Å². The van der Waals surface area contributed by atoms with E-state index >= 15 is 0 Å². The molecule has 2 saturated heterocycles. The summed E-state index contributed by atoms with van der Waals surface area (Å²) in [5.41, 5.74) is 0.851. The molecular formula is C19H28ClNO3. The summed E-state index contributed by atoms with van der Waals surface area (Å²) >= 11 is 6.37. The fourth-order valence-electron chi connectivity index (χ4n) is 3.54. The third kappa shape index (κ3) is 4.63. The summed E-state index contributed by atoms with van der Waals surface area (Å²) in [7, 11) is 0. The van der Waals surface area contributed by atoms with Crippen LogP contribution in [-0.2, 0) is 4.74 Å². The van der Waals surface area contributed by atoms with Crippen LogP contribution in [0.1, 0.15) is 50.7 Å². The van der Waals surface area contributed by atoms with E-state index in [1.165, 1.54) is 12.8 Å². The van der Waals surface area contributed by atoms with Crippen LogP contribution in [0.3, 0.4) is 0 Å². The molecule has 0 aliphatic carbocycles. The summed E-state index contributed by atoms with van der Waals surface area (Å²) in [4.78, 5) is 2.42. The highest BCUT2D eigenvalue weighted by Gasteiger charge is 2.23. The van der Waals surface area contributed by atoms with Crippen molar-refractivity contribution in [2.75, 3.05) is 26.2 Å². The fourth-order valence-corrected chi connectivity index (χ4v) is 3.78. The Morgan fingerprint density at radius 3 is 2.75 bits per heavy atom. The average molecular weight is 354 g/mol. The second-order valence-electron chi connectivity index (χ2n) is 7.03. The highest BCUT2D eigenvalue weighted by atomic mass is 35.5. The lowest BCUT2D eigenvalue weighted by Crippen LogP contribution is -2.28. The molecule has 0 aromatic heterocycles. The van der Waals surface area contributed by atoms with Gasteiger partial charge in [-0.1, -0.05) is 24.6 Å². The van der Waals surface area contributed by atoms with Gasteiger partial charge < -0.3 is 19.5 Å². The summed E-state index contributed by atoms with van der Waals surface area (Å²) in [6.45, 7) is 6.05. The largest absolute Gasteiger partial charge is 0.463 e. The average Bonchev–Trinajstić information content (AvgIpc) is 3.10. The second-order valence-corrected chi connectivity index (χ2v) is 7.44. The monoisotopic (exact) mass is 353 g/mol. The number of nitrogens with zero attached hydrogens (tertiary/aromatic N) is 1. The molecule has 5 heteroatoms. The minimum atomic E-state index is -0.511. The van der Waals surface area contributed by atoms with Gasteiger partial charge in [0.1, 0.15) is 5.75 Å². The number of hydrogen-bond donors (Lipinski definition) is 1. The van der Waals surface area contributed by atoms with Gasteiger partial charge in [-0.15, -0.1) is 0 Å². The molecule has 2 unspecified atom stereocenters. The standard InChI is InChI=1S/C19H28ClNO3/c1-14(13-21-9-3-4-10-21)19(22)15-7-8-17(16(20)12-15)24-18-6-2-5-11-23-18/h7-8,12,14,18-19,22H,2-6,9-11,13H2,1H3/t14-,18?,19?/m1/s1. The summed E-state index contributed by atoms with van der Waals surface area (Å²) in [5.74, 6) is 0.805. The first-order chi connectivity index (χ1) is 11.6. The number of likely N-dealkylation sites (tertiary alicyclic amines) is 1. The Morgan fingerprint density at radius 2 is 2.08 bits per heavy atom. The minimum absolute atomic E-state index is 0.174. The van der Waals surface area contributed by atoms with Crippen LogP contribution in [0, 0.1) is 5.92 Å². The van der Waals surface area contributed by atoms with Gasteiger partial charge >= 0.3 is 0 Å². The van der Waals surface area contributed by atoms with Crippen molar-refractivity contribution in [3.05, 3.63) is 28.8 Å². The van der Waals surface area contributed by atoms with Crippen molar-refractivity contribution in [2.45, 2.75) is 51.4 Å². The molecule has 0 radical (unpaired) electrons. The zero-order chi connectivity index (χ0) is 16.9. The molecule has 0 amide bonds. The van der Waals surface area contributed by atoms with Crippen molar-refractivity contribution in [3.8, 4) is 5.75 Å². The molecule has 2 aliphatic rings. The van der Waals surface area contributed by atoms with E-state index in [-0.39, 0.29) is 12.2 Å². The maximum absolute atomic E-state index is 10.6. The van der Waals surface area contributed by atoms with Crippen molar-refractivity contribution >= 4 is 11.6 Å². The third-order valence-corrected chi connectivity index (χ3v) is 5.27. The van der Waals surface area contributed by atoms with Gasteiger partial charge in [-0.25, -0.2) is 0 Å². The summed E-state index contributed by atoms with van der Waals surface area (Å²) < 4.78 is 11.4. The molecule has 2 heterocycles. The van der Waals surface area contributed by atoms with E-state index < -0.39 is 6.10 Å². The molecule has 0 bridgehead atoms. The number of rotatable bonds is 6. The van der Waals surface area contributed by atoms with E-state index in [0.29, 0.717) is 10.8 Å². The Balaban J connectivity index is 1.59. The van der Waals surface area contributed by atoms with E-state index in [0.717, 1.165) is 51.1 Å². The predicted molar refractivity (Wildman–Crippen MR) is 95.5 cm³/mol. The number of aliphatic hydroxyl groups excluding tert-OH is 1. The van der Waals surface area contributed by atoms with Gasteiger partial charge in [-0.2, -0.15) is 0 Å². The molecule has 0 saturated carbocycles. The third-order valence-electron chi connectivity index (χ3n) is 4.98. The Bertz CT molecular complexity index is 527. The smallest absolute Gasteiger partial charge is 0.199 e. The van der Waals surface area contributed by atoms with Crippen LogP contribution in [0.2, 0.25) is 5.02 Å². The van der Waals surface area contributed by atoms with Gasteiger partial charge in [0.05, 0.1) is 17.7 Å². The molecule has 3 atom stereocenters. The molecule has 2 aliphatic heterocycles. The van der Waals surface area contributed by atoms with Crippen molar-refractivity contribution in [1.82, 2.24) is 4.90 Å². The zero-order valence-electron chi connectivity index (χ0n) is 14.4. The van der Waals surface area contributed by atoms with E-state index in [4.69, 9.17) is 21.1 Å². The fraction of sp³-hybridized carbons (Fsp3) is 0.684. The van der Waals surface area contributed by atoms with E-state index in [2.05, 4.69) is 11.8 Å². The summed E-state index contributed by atoms with van der Waals surface area (Å²) in [6, 6.07) is 5.58. The van der Waals surface area contributed by atoms with Gasteiger partial charge in [0, 0.05) is 13.0 Å². The second kappa shape index (κ2) is 8.52. The molecule has 134 valence electrons. The predicted octanol–water partition coefficient (Wildman–Crippen LogP) is 4.01. The van der Waals surface area contributed by atoms with Gasteiger partial charge in [-0.05, 0) is 62.4 Å². The van der Waals surface area contributed by atoms with Crippen molar-refractivity contribution < 1.29 is 14.6 Å². The quantitative estimate of drug-likeness (QED) is 0.839. The van der Waals surface area contributed by atoms with E-state index in [1.54, 1.807) is 0 Å². The van der Waals surface area contributed by atoms with Crippen LogP contribution < -0.4 is 4.74 Å². The lowest BCUT2D eigenvalue weighted by Gasteiger charge is -2.26. The Morgan fingerprint density at radius 1 is 1.29 bits per heavy atom. The van der Waals surface area contributed by atoms with E-state index in [1.807, 2.05) is 18.2 Å². The first-order valence-electron chi connectivity index (χ1n) is 9.11. The van der Waals surface area contributed by atoms with E-state index in [9.17, 15) is 5.11 Å². The molecule has 1 N–H and O–H groups in total. The first-order valence-corrected chi connectivity index (χ1v) is 9.49. The molecule has 24 heavy (non-hydrogen) atoms. The minimum Gasteiger partial charge on any atom is -0.463 e. The summed E-state index contributed by atoms with van der Waals surface area (Å²) in [5, 5.41) is 11.2. The topological polar surface area (TPSA) is 41.9 Å². The normalized spacial score (nSPS) is 24.7. The van der Waals surface area contributed by atoms with Crippen molar-refractivity contribution in [3.63, 3.8) is 0 Å². The molecule has 0 spiro atoms. The number of aliphatic hydroxyl groups is 1. The molecule has 3 rings (SSSR count). The highest BCUT2D eigenvalue weighted by molar-refractivity contribution is 6.32. The van der Waals surface area contributed by atoms with Crippen LogP contribution in [0.5, 0.6) is 5.75 Å². The van der Waals surface area contributed by atoms with Crippen molar-refractivity contribution in [1.29, 1.82) is 0 Å². The number of halogens is 1. The van der Waals surface area contributed by atoms with Crippen LogP contribution >= 0.6 is 11.6 Å². The van der Waals surface area contributed by atoms with Crippen LogP contribution in [0.25, 0.3) is 0 Å². The molecule has 1 aromatic rings. The lowest BCUT2D eigenvalue weighted by molar-refractivity contribution is -0.105. The SMILES string of the molecule is C[C@H](CN1CCCC1)C(O)c1ccc(OC2CCCCO2)c(Cl)c1. The first kappa shape index (κ1) is 18.0. The molecule has 2 fully saturated rings. The lowest BCUT2D eigenvalue weighted by atomic mass is 9.97. The molecule has 4 nitrogen and oxygen atoms in total. The summed E-state index contributed by atoms with van der Waals surface area (Å²) in [6.07, 6.45) is 4.92. The zero-order valence-corrected chi connectivity index (χ0v) is 15.2. The Hall–Kier alpha value is -0.810. The van der Waals surface area contributed by atoms with Gasteiger partial charge in [0.25, 0.3) is 0 Å². The molecule has 1 aromatic carbocycles. The number of benzene rings is 1. The van der Waals surface area contributed by atoms with Crippen LogP contribution in [0.4, 0.5) is 0 Å². The van der Waals surface area contributed by atoms with Gasteiger partial charge in [-0.3, -0.25) is 0 Å². The number of ether oxygens (including phenoxy) is 2. The Labute approximate surface area is 149 Å². The van der Waals surface area contributed by atoms with Gasteiger partial charge in [0.15, 0.2) is 6.29 Å². The van der Waals surface area contributed by atoms with Gasteiger partial charge in [0.2, 0.25) is 0 Å². The molecular weight excluding hydrogens is 326 g/mol. The Kier molecular flexibility index (Phi) is 6.39. The maximum atomic E-state index is 10.6. The van der Waals surface area contributed by atoms with Crippen LogP contribution in [0.15, 0.2) is 18.2 Å². The highest BCUT2D eigenvalue weighted by Crippen LogP contribution is 2.32.